The molecule has 0 atom stereocenters. The zero-order valence-electron chi connectivity index (χ0n) is 16.2. The minimum Gasteiger partial charge on any atom is -0.461 e. The summed E-state index contributed by atoms with van der Waals surface area (Å²) >= 11 is 0. The highest BCUT2D eigenvalue weighted by molar-refractivity contribution is 5.97. The molecule has 0 amide bonds. The Kier molecular flexibility index (Phi) is 5.09. The van der Waals surface area contributed by atoms with Crippen molar-refractivity contribution >= 4 is 17.2 Å². The van der Waals surface area contributed by atoms with Crippen LogP contribution in [0.15, 0.2) is 30.3 Å². The number of ether oxygens (including phenoxy) is 3. The van der Waals surface area contributed by atoms with E-state index in [1.807, 2.05) is 6.08 Å². The summed E-state index contributed by atoms with van der Waals surface area (Å²) in [5.74, 6) is -1.08. The topological polar surface area (TPSA) is 112 Å². The van der Waals surface area contributed by atoms with Crippen molar-refractivity contribution in [3.63, 3.8) is 0 Å². The van der Waals surface area contributed by atoms with Gasteiger partial charge in [0, 0.05) is 12.8 Å². The van der Waals surface area contributed by atoms with Crippen LogP contribution in [0.3, 0.4) is 0 Å². The van der Waals surface area contributed by atoms with Crippen molar-refractivity contribution in [3.05, 3.63) is 47.3 Å². The van der Waals surface area contributed by atoms with Crippen molar-refractivity contribution in [3.8, 4) is 11.8 Å². The molecule has 1 saturated heterocycles. The molecule has 0 radical (unpaired) electrons. The number of anilines is 1. The van der Waals surface area contributed by atoms with Crippen LogP contribution in [-0.4, -0.2) is 41.4 Å². The number of aromatic nitrogens is 2. The van der Waals surface area contributed by atoms with Crippen molar-refractivity contribution < 1.29 is 19.0 Å². The molecule has 1 aliphatic heterocycles. The Morgan fingerprint density at radius 3 is 2.66 bits per heavy atom. The van der Waals surface area contributed by atoms with Crippen LogP contribution in [0.2, 0.25) is 0 Å². The fraction of sp³-hybridized carbons (Fsp3) is 0.381. The first-order chi connectivity index (χ1) is 14.1. The quantitative estimate of drug-likeness (QED) is 0.794. The van der Waals surface area contributed by atoms with Crippen LogP contribution in [0, 0.1) is 11.3 Å². The molecule has 8 heteroatoms. The van der Waals surface area contributed by atoms with Crippen LogP contribution in [-0.2, 0) is 14.2 Å². The Hall–Kier alpha value is -3.15. The summed E-state index contributed by atoms with van der Waals surface area (Å²) in [5, 5.41) is 13.7. The molecule has 1 fully saturated rings. The van der Waals surface area contributed by atoms with Crippen LogP contribution in [0.1, 0.15) is 47.9 Å². The van der Waals surface area contributed by atoms with Crippen molar-refractivity contribution in [1.29, 1.82) is 5.26 Å². The van der Waals surface area contributed by atoms with Crippen LogP contribution in [0.25, 0.3) is 11.3 Å². The number of allylic oxidation sites excluding steroid dienone is 1. The van der Waals surface area contributed by atoms with E-state index in [0.717, 1.165) is 5.57 Å². The van der Waals surface area contributed by atoms with E-state index in [-0.39, 0.29) is 18.0 Å². The van der Waals surface area contributed by atoms with E-state index >= 15 is 0 Å². The first-order valence-electron chi connectivity index (χ1n) is 9.60. The second kappa shape index (κ2) is 7.70. The third-order valence-corrected chi connectivity index (χ3v) is 5.18. The highest BCUT2D eigenvalue weighted by Gasteiger charge is 2.38. The molecule has 2 aliphatic rings. The second-order valence-electron chi connectivity index (χ2n) is 6.94. The molecular weight excluding hydrogens is 372 g/mol. The van der Waals surface area contributed by atoms with Crippen molar-refractivity contribution in [1.82, 2.24) is 9.78 Å². The van der Waals surface area contributed by atoms with E-state index in [1.54, 1.807) is 31.2 Å². The maximum absolute atomic E-state index is 12.6. The molecule has 150 valence electrons. The summed E-state index contributed by atoms with van der Waals surface area (Å²) in [6, 6.07) is 8.86. The molecule has 4 rings (SSSR count). The lowest BCUT2D eigenvalue weighted by atomic mass is 9.91. The van der Waals surface area contributed by atoms with Gasteiger partial charge < -0.3 is 19.9 Å². The van der Waals surface area contributed by atoms with Gasteiger partial charge in [0.25, 0.3) is 0 Å². The zero-order chi connectivity index (χ0) is 20.4. The average molecular weight is 394 g/mol. The van der Waals surface area contributed by atoms with Gasteiger partial charge in [0.05, 0.1) is 42.8 Å². The Bertz CT molecular complexity index is 995. The number of nitriles is 1. The summed E-state index contributed by atoms with van der Waals surface area (Å²) in [6.07, 6.45) is 4.01. The van der Waals surface area contributed by atoms with Crippen LogP contribution in [0.5, 0.6) is 0 Å². The summed E-state index contributed by atoms with van der Waals surface area (Å²) in [5.41, 5.74) is 9.48. The van der Waals surface area contributed by atoms with Gasteiger partial charge in [0.2, 0.25) is 0 Å². The molecule has 0 bridgehead atoms. The van der Waals surface area contributed by atoms with E-state index in [9.17, 15) is 4.79 Å². The molecule has 8 nitrogen and oxygen atoms in total. The summed E-state index contributed by atoms with van der Waals surface area (Å²) < 4.78 is 18.2. The Morgan fingerprint density at radius 2 is 2.07 bits per heavy atom. The summed E-state index contributed by atoms with van der Waals surface area (Å²) in [4.78, 5) is 12.6. The van der Waals surface area contributed by atoms with E-state index < -0.39 is 11.8 Å². The predicted octanol–water partition coefficient (Wildman–Crippen LogP) is 2.81. The van der Waals surface area contributed by atoms with Gasteiger partial charge in [-0.05, 0) is 43.2 Å². The third-order valence-electron chi connectivity index (χ3n) is 5.18. The lowest BCUT2D eigenvalue weighted by molar-refractivity contribution is -0.159. The number of hydrogen-bond acceptors (Lipinski definition) is 7. The second-order valence-corrected chi connectivity index (χ2v) is 6.94. The fourth-order valence-corrected chi connectivity index (χ4v) is 3.71. The number of nitrogens with zero attached hydrogens (tertiary/aromatic N) is 3. The lowest BCUT2D eigenvalue weighted by Crippen LogP contribution is -2.31. The maximum atomic E-state index is 12.6. The number of esters is 1. The zero-order valence-corrected chi connectivity index (χ0v) is 16.2. The number of carbonyl (C=O) groups is 1. The number of hydrogen-bond donors (Lipinski definition) is 1. The van der Waals surface area contributed by atoms with Crippen LogP contribution in [0.4, 0.5) is 5.69 Å². The smallest absolute Gasteiger partial charge is 0.359 e. The Balaban J connectivity index is 1.74. The number of benzene rings is 1. The van der Waals surface area contributed by atoms with Gasteiger partial charge in [-0.15, -0.1) is 0 Å². The number of nitrogens with two attached hydrogens (primary N) is 1. The highest BCUT2D eigenvalue weighted by atomic mass is 16.7. The monoisotopic (exact) mass is 394 g/mol. The number of nitrogen functional groups attached to an aromatic ring is 1. The maximum Gasteiger partial charge on any atom is 0.359 e. The van der Waals surface area contributed by atoms with Gasteiger partial charge in [-0.25, -0.2) is 9.48 Å². The van der Waals surface area contributed by atoms with Gasteiger partial charge in [0.1, 0.15) is 5.69 Å². The number of rotatable bonds is 4. The molecule has 2 aromatic rings. The minimum atomic E-state index is -0.544. The normalized spacial score (nSPS) is 17.7. The van der Waals surface area contributed by atoms with Crippen molar-refractivity contribution in [2.75, 3.05) is 25.6 Å². The molecule has 1 aliphatic carbocycles. The van der Waals surface area contributed by atoms with E-state index in [1.165, 1.54) is 4.68 Å². The predicted molar refractivity (Wildman–Crippen MR) is 105 cm³/mol. The first-order valence-corrected chi connectivity index (χ1v) is 9.60. The molecule has 0 saturated carbocycles. The molecular formula is C21H22N4O4. The Morgan fingerprint density at radius 1 is 1.34 bits per heavy atom. The standard InChI is InChI=1S/C21H22N4O4/c1-2-27-20(26)19-17(23)18(15-7-9-21(10-8-15)28-11-12-29-21)24-25(19)16-5-3-14(13-22)4-6-16/h3-7H,2,8-12,23H2,1H3. The van der Waals surface area contributed by atoms with Crippen LogP contribution < -0.4 is 5.73 Å². The van der Waals surface area contributed by atoms with E-state index in [4.69, 9.17) is 25.2 Å². The van der Waals surface area contributed by atoms with Crippen molar-refractivity contribution in [2.24, 2.45) is 0 Å². The SMILES string of the molecule is CCOC(=O)c1c(N)c(C2=CCC3(CC2)OCCO3)nn1-c1ccc(C#N)cc1. The van der Waals surface area contributed by atoms with Gasteiger partial charge in [-0.1, -0.05) is 6.08 Å². The van der Waals surface area contributed by atoms with E-state index in [2.05, 4.69) is 11.2 Å². The lowest BCUT2D eigenvalue weighted by Gasteiger charge is -2.30. The van der Waals surface area contributed by atoms with E-state index in [0.29, 0.717) is 49.4 Å². The van der Waals surface area contributed by atoms with Gasteiger partial charge in [-0.3, -0.25) is 0 Å². The number of carbonyl (C=O) groups excluding carboxylic acids is 1. The summed E-state index contributed by atoms with van der Waals surface area (Å²) in [7, 11) is 0. The average Bonchev–Trinajstić information content (AvgIpc) is 3.34. The Labute approximate surface area is 168 Å². The molecule has 29 heavy (non-hydrogen) atoms. The third kappa shape index (κ3) is 3.50. The molecule has 1 spiro atoms. The molecule has 2 heterocycles. The van der Waals surface area contributed by atoms with Gasteiger partial charge in [-0.2, -0.15) is 10.4 Å². The first kappa shape index (κ1) is 19.2. The molecule has 0 unspecified atom stereocenters. The molecule has 1 aromatic carbocycles. The minimum absolute atomic E-state index is 0.182. The summed E-state index contributed by atoms with van der Waals surface area (Å²) in [6.45, 7) is 3.17. The van der Waals surface area contributed by atoms with Crippen molar-refractivity contribution in [2.45, 2.75) is 32.0 Å². The van der Waals surface area contributed by atoms with Crippen LogP contribution >= 0.6 is 0 Å². The molecule has 2 N–H and O–H groups in total. The fourth-order valence-electron chi connectivity index (χ4n) is 3.71. The van der Waals surface area contributed by atoms with Gasteiger partial charge in [0.15, 0.2) is 11.5 Å². The highest BCUT2D eigenvalue weighted by Crippen LogP contribution is 2.40. The largest absolute Gasteiger partial charge is 0.461 e. The van der Waals surface area contributed by atoms with Gasteiger partial charge >= 0.3 is 5.97 Å². The molecule has 1 aromatic heterocycles.